The zero-order valence-corrected chi connectivity index (χ0v) is 8.30. The van der Waals surface area contributed by atoms with E-state index >= 15 is 0 Å². The molecule has 2 N–H and O–H groups in total. The maximum atomic E-state index is 11.9. The van der Waals surface area contributed by atoms with Crippen LogP contribution in [0, 0.1) is 6.92 Å². The SMILES string of the molecule is Cc1cc(NCC(F)(F)F)c(C(=O)O)cn1. The number of nitrogens with zero attached hydrogens (tertiary/aromatic N) is 1. The number of hydrogen-bond donors (Lipinski definition) is 2. The molecule has 88 valence electrons. The van der Waals surface area contributed by atoms with Gasteiger partial charge in [-0.1, -0.05) is 0 Å². The smallest absolute Gasteiger partial charge is 0.405 e. The third-order valence-electron chi connectivity index (χ3n) is 1.75. The van der Waals surface area contributed by atoms with E-state index in [-0.39, 0.29) is 11.3 Å². The predicted molar refractivity (Wildman–Crippen MR) is 50.5 cm³/mol. The molecule has 0 spiro atoms. The molecule has 16 heavy (non-hydrogen) atoms. The number of aryl methyl sites for hydroxylation is 1. The van der Waals surface area contributed by atoms with Crippen molar-refractivity contribution in [3.05, 3.63) is 23.5 Å². The first-order valence-corrected chi connectivity index (χ1v) is 4.30. The Labute approximate surface area is 89.1 Å². The molecular weight excluding hydrogens is 225 g/mol. The topological polar surface area (TPSA) is 62.2 Å². The van der Waals surface area contributed by atoms with Crippen LogP contribution in [0.3, 0.4) is 0 Å². The van der Waals surface area contributed by atoms with Gasteiger partial charge >= 0.3 is 12.1 Å². The number of pyridine rings is 1. The lowest BCUT2D eigenvalue weighted by Gasteiger charge is -2.11. The van der Waals surface area contributed by atoms with Crippen molar-refractivity contribution < 1.29 is 23.1 Å². The molecule has 0 aliphatic rings. The van der Waals surface area contributed by atoms with E-state index in [0.717, 1.165) is 6.20 Å². The summed E-state index contributed by atoms with van der Waals surface area (Å²) < 4.78 is 35.8. The van der Waals surface area contributed by atoms with Gasteiger partial charge in [-0.05, 0) is 13.0 Å². The minimum Gasteiger partial charge on any atom is -0.478 e. The predicted octanol–water partition coefficient (Wildman–Crippen LogP) is 2.06. The van der Waals surface area contributed by atoms with Crippen LogP contribution >= 0.6 is 0 Å². The molecule has 0 bridgehead atoms. The van der Waals surface area contributed by atoms with Crippen LogP contribution < -0.4 is 5.32 Å². The Morgan fingerprint density at radius 3 is 2.69 bits per heavy atom. The highest BCUT2D eigenvalue weighted by atomic mass is 19.4. The maximum Gasteiger partial charge on any atom is 0.405 e. The van der Waals surface area contributed by atoms with Crippen LogP contribution in [0.4, 0.5) is 18.9 Å². The second-order valence-corrected chi connectivity index (χ2v) is 3.15. The van der Waals surface area contributed by atoms with E-state index in [4.69, 9.17) is 5.11 Å². The molecule has 4 nitrogen and oxygen atoms in total. The number of anilines is 1. The quantitative estimate of drug-likeness (QED) is 0.840. The Morgan fingerprint density at radius 1 is 1.56 bits per heavy atom. The molecule has 1 aromatic rings. The Hall–Kier alpha value is -1.79. The summed E-state index contributed by atoms with van der Waals surface area (Å²) in [5.41, 5.74) is 0.0712. The van der Waals surface area contributed by atoms with Crippen molar-refractivity contribution >= 4 is 11.7 Å². The number of carboxylic acid groups (broad SMARTS) is 1. The molecule has 0 atom stereocenters. The van der Waals surface area contributed by atoms with Gasteiger partial charge in [0, 0.05) is 11.9 Å². The number of carboxylic acids is 1. The normalized spacial score (nSPS) is 11.2. The molecule has 1 rings (SSSR count). The van der Waals surface area contributed by atoms with Gasteiger partial charge in [0.25, 0.3) is 0 Å². The molecule has 1 heterocycles. The van der Waals surface area contributed by atoms with Crippen molar-refractivity contribution in [1.29, 1.82) is 0 Å². The number of alkyl halides is 3. The summed E-state index contributed by atoms with van der Waals surface area (Å²) in [6.45, 7) is 0.279. The van der Waals surface area contributed by atoms with Gasteiger partial charge in [-0.3, -0.25) is 4.98 Å². The summed E-state index contributed by atoms with van der Waals surface area (Å²) in [5, 5.41) is 10.8. The Balaban J connectivity index is 2.93. The zero-order chi connectivity index (χ0) is 12.3. The third-order valence-corrected chi connectivity index (χ3v) is 1.75. The van der Waals surface area contributed by atoms with Crippen LogP contribution in [0.1, 0.15) is 16.1 Å². The van der Waals surface area contributed by atoms with Crippen molar-refractivity contribution in [3.8, 4) is 0 Å². The van der Waals surface area contributed by atoms with Gasteiger partial charge in [0.2, 0.25) is 0 Å². The summed E-state index contributed by atoms with van der Waals surface area (Å²) >= 11 is 0. The van der Waals surface area contributed by atoms with Crippen molar-refractivity contribution in [2.24, 2.45) is 0 Å². The van der Waals surface area contributed by atoms with E-state index in [1.165, 1.54) is 6.07 Å². The van der Waals surface area contributed by atoms with Gasteiger partial charge in [-0.25, -0.2) is 4.79 Å². The lowest BCUT2D eigenvalue weighted by molar-refractivity contribution is -0.115. The molecule has 1 aromatic heterocycles. The molecule has 0 saturated carbocycles. The van der Waals surface area contributed by atoms with E-state index in [9.17, 15) is 18.0 Å². The molecule has 0 aliphatic carbocycles. The number of aromatic nitrogens is 1. The second-order valence-electron chi connectivity index (χ2n) is 3.15. The monoisotopic (exact) mass is 234 g/mol. The zero-order valence-electron chi connectivity index (χ0n) is 8.30. The van der Waals surface area contributed by atoms with Crippen LogP contribution in [-0.2, 0) is 0 Å². The number of halogens is 3. The molecule has 7 heteroatoms. The van der Waals surface area contributed by atoms with Gasteiger partial charge in [0.15, 0.2) is 0 Å². The first-order chi connectivity index (χ1) is 7.29. The molecule has 0 unspecified atom stereocenters. The highest BCUT2D eigenvalue weighted by Gasteiger charge is 2.27. The van der Waals surface area contributed by atoms with Gasteiger partial charge in [0.1, 0.15) is 12.1 Å². The average molecular weight is 234 g/mol. The van der Waals surface area contributed by atoms with Crippen LogP contribution in [0.5, 0.6) is 0 Å². The van der Waals surface area contributed by atoms with Crippen molar-refractivity contribution in [1.82, 2.24) is 4.98 Å². The number of hydrogen-bond acceptors (Lipinski definition) is 3. The molecule has 0 saturated heterocycles. The van der Waals surface area contributed by atoms with Crippen LogP contribution in [-0.4, -0.2) is 28.8 Å². The fourth-order valence-corrected chi connectivity index (χ4v) is 1.07. The summed E-state index contributed by atoms with van der Waals surface area (Å²) in [6.07, 6.45) is -3.37. The minimum atomic E-state index is -4.40. The lowest BCUT2D eigenvalue weighted by atomic mass is 10.2. The van der Waals surface area contributed by atoms with Crippen molar-refractivity contribution in [2.75, 3.05) is 11.9 Å². The number of nitrogens with one attached hydrogen (secondary N) is 1. The van der Waals surface area contributed by atoms with E-state index in [2.05, 4.69) is 4.98 Å². The lowest BCUT2D eigenvalue weighted by Crippen LogP contribution is -2.22. The van der Waals surface area contributed by atoms with E-state index < -0.39 is 18.7 Å². The largest absolute Gasteiger partial charge is 0.478 e. The molecule has 0 aromatic carbocycles. The Morgan fingerprint density at radius 2 is 2.19 bits per heavy atom. The van der Waals surface area contributed by atoms with Crippen molar-refractivity contribution in [2.45, 2.75) is 13.1 Å². The molecule has 0 radical (unpaired) electrons. The molecule has 0 amide bonds. The van der Waals surface area contributed by atoms with E-state index in [1.54, 1.807) is 6.92 Å². The molecular formula is C9H9F3N2O2. The summed E-state index contributed by atoms with van der Waals surface area (Å²) in [7, 11) is 0. The van der Waals surface area contributed by atoms with Gasteiger partial charge in [-0.2, -0.15) is 13.2 Å². The highest BCUT2D eigenvalue weighted by Crippen LogP contribution is 2.19. The molecule has 0 aliphatic heterocycles. The van der Waals surface area contributed by atoms with Crippen molar-refractivity contribution in [3.63, 3.8) is 0 Å². The van der Waals surface area contributed by atoms with Crippen LogP contribution in [0.2, 0.25) is 0 Å². The fourth-order valence-electron chi connectivity index (χ4n) is 1.07. The summed E-state index contributed by atoms with van der Waals surface area (Å²) in [4.78, 5) is 14.4. The number of aromatic carboxylic acids is 1. The standard InChI is InChI=1S/C9H9F3N2O2/c1-5-2-7(14-4-9(10,11)12)6(3-13-5)8(15)16/h2-3H,4H2,1H3,(H,13,14)(H,15,16). The van der Waals surface area contributed by atoms with E-state index in [0.29, 0.717) is 5.69 Å². The third kappa shape index (κ3) is 3.41. The summed E-state index contributed by atoms with van der Waals surface area (Å²) in [5.74, 6) is -1.32. The van der Waals surface area contributed by atoms with Gasteiger partial charge in [-0.15, -0.1) is 0 Å². The number of carbonyl (C=O) groups is 1. The fraction of sp³-hybridized carbons (Fsp3) is 0.333. The van der Waals surface area contributed by atoms with E-state index in [1.807, 2.05) is 5.32 Å². The Bertz CT molecular complexity index is 404. The minimum absolute atomic E-state index is 0.0858. The molecule has 0 fully saturated rings. The first kappa shape index (κ1) is 12.3. The average Bonchev–Trinajstić information content (AvgIpc) is 2.13. The maximum absolute atomic E-state index is 11.9. The number of rotatable bonds is 3. The summed E-state index contributed by atoms with van der Waals surface area (Å²) in [6, 6.07) is 1.26. The second kappa shape index (κ2) is 4.38. The van der Waals surface area contributed by atoms with Gasteiger partial charge in [0.05, 0.1) is 5.69 Å². The van der Waals surface area contributed by atoms with Gasteiger partial charge < -0.3 is 10.4 Å². The Kier molecular flexibility index (Phi) is 3.36. The highest BCUT2D eigenvalue weighted by molar-refractivity contribution is 5.93. The van der Waals surface area contributed by atoms with Crippen LogP contribution in [0.25, 0.3) is 0 Å². The first-order valence-electron chi connectivity index (χ1n) is 4.30. The van der Waals surface area contributed by atoms with Crippen LogP contribution in [0.15, 0.2) is 12.3 Å².